The van der Waals surface area contributed by atoms with Crippen LogP contribution in [0.3, 0.4) is 0 Å². The van der Waals surface area contributed by atoms with Gasteiger partial charge < -0.3 is 19.1 Å². The van der Waals surface area contributed by atoms with Crippen molar-refractivity contribution in [3.05, 3.63) is 60.2 Å². The third kappa shape index (κ3) is 6.93. The molecule has 0 saturated carbocycles. The molecule has 29 heavy (non-hydrogen) atoms. The van der Waals surface area contributed by atoms with E-state index in [0.717, 1.165) is 5.56 Å². The van der Waals surface area contributed by atoms with Crippen LogP contribution in [-0.4, -0.2) is 62.4 Å². The number of benzene rings is 2. The molecule has 2 aromatic rings. The van der Waals surface area contributed by atoms with Crippen molar-refractivity contribution < 1.29 is 23.8 Å². The van der Waals surface area contributed by atoms with Crippen molar-refractivity contribution in [2.75, 3.05) is 39.5 Å². The molecule has 0 spiro atoms. The van der Waals surface area contributed by atoms with Gasteiger partial charge in [-0.25, -0.2) is 5.43 Å². The number of hydrazone groups is 1. The number of hydrogen-bond donors (Lipinski definition) is 1. The third-order valence-electron chi connectivity index (χ3n) is 4.12. The average molecular weight is 397 g/mol. The molecule has 8 heteroatoms. The van der Waals surface area contributed by atoms with Crippen LogP contribution in [0.2, 0.25) is 0 Å². The van der Waals surface area contributed by atoms with Gasteiger partial charge in [-0.05, 0) is 42.0 Å². The second-order valence-corrected chi connectivity index (χ2v) is 6.25. The number of amides is 2. The smallest absolute Gasteiger partial charge is 0.277 e. The molecular weight excluding hydrogens is 374 g/mol. The van der Waals surface area contributed by atoms with E-state index in [1.807, 2.05) is 18.2 Å². The van der Waals surface area contributed by atoms with Gasteiger partial charge in [-0.3, -0.25) is 9.59 Å². The minimum absolute atomic E-state index is 0.00902. The summed E-state index contributed by atoms with van der Waals surface area (Å²) in [6.45, 7) is 2.19. The lowest BCUT2D eigenvalue weighted by Crippen LogP contribution is -2.42. The number of carbonyl (C=O) groups excluding carboxylic acids is 2. The van der Waals surface area contributed by atoms with Gasteiger partial charge >= 0.3 is 0 Å². The fourth-order valence-electron chi connectivity index (χ4n) is 2.58. The Labute approximate surface area is 169 Å². The molecule has 2 amide bonds. The second-order valence-electron chi connectivity index (χ2n) is 6.25. The number of ether oxygens (including phenoxy) is 3. The van der Waals surface area contributed by atoms with Crippen LogP contribution in [0.4, 0.5) is 0 Å². The van der Waals surface area contributed by atoms with E-state index >= 15 is 0 Å². The fourth-order valence-corrected chi connectivity index (χ4v) is 2.58. The molecular formula is C21H23N3O5. The zero-order valence-electron chi connectivity index (χ0n) is 16.0. The highest BCUT2D eigenvalue weighted by atomic mass is 16.5. The molecule has 0 atom stereocenters. The van der Waals surface area contributed by atoms with Crippen molar-refractivity contribution in [1.82, 2.24) is 10.3 Å². The van der Waals surface area contributed by atoms with Gasteiger partial charge in [0.2, 0.25) is 0 Å². The third-order valence-corrected chi connectivity index (χ3v) is 4.12. The largest absolute Gasteiger partial charge is 0.484 e. The molecule has 1 saturated heterocycles. The maximum absolute atomic E-state index is 12.1. The molecule has 1 aliphatic heterocycles. The highest BCUT2D eigenvalue weighted by Gasteiger charge is 2.16. The van der Waals surface area contributed by atoms with Gasteiger partial charge in [0, 0.05) is 13.1 Å². The summed E-state index contributed by atoms with van der Waals surface area (Å²) in [6, 6.07) is 16.1. The van der Waals surface area contributed by atoms with Crippen LogP contribution in [0.1, 0.15) is 5.56 Å². The number of nitrogens with zero attached hydrogens (tertiary/aromatic N) is 2. The highest BCUT2D eigenvalue weighted by Crippen LogP contribution is 2.11. The summed E-state index contributed by atoms with van der Waals surface area (Å²) < 4.78 is 16.1. The molecule has 1 aliphatic rings. The SMILES string of the molecule is O=C(COc1ccccc1)N/N=C\c1ccc(OCC(=O)N2CCOCC2)cc1. The molecule has 8 nitrogen and oxygen atoms in total. The quantitative estimate of drug-likeness (QED) is 0.538. The Morgan fingerprint density at radius 1 is 0.966 bits per heavy atom. The van der Waals surface area contributed by atoms with E-state index in [4.69, 9.17) is 14.2 Å². The predicted molar refractivity (Wildman–Crippen MR) is 107 cm³/mol. The molecule has 0 aromatic heterocycles. The first kappa shape index (κ1) is 20.3. The Balaban J connectivity index is 1.38. The van der Waals surface area contributed by atoms with Crippen LogP contribution >= 0.6 is 0 Å². The van der Waals surface area contributed by atoms with Crippen LogP contribution in [-0.2, 0) is 14.3 Å². The molecule has 2 aromatic carbocycles. The number of rotatable bonds is 8. The number of hydrogen-bond acceptors (Lipinski definition) is 6. The highest BCUT2D eigenvalue weighted by molar-refractivity contribution is 5.83. The van der Waals surface area contributed by atoms with E-state index in [-0.39, 0.29) is 25.0 Å². The summed E-state index contributed by atoms with van der Waals surface area (Å²) in [5.74, 6) is 0.796. The molecule has 0 unspecified atom stereocenters. The molecule has 0 radical (unpaired) electrons. The molecule has 0 bridgehead atoms. The number of nitrogens with one attached hydrogen (secondary N) is 1. The summed E-state index contributed by atoms with van der Waals surface area (Å²) in [4.78, 5) is 25.5. The zero-order chi connectivity index (χ0) is 20.3. The van der Waals surface area contributed by atoms with Crippen molar-refractivity contribution >= 4 is 18.0 Å². The number of para-hydroxylation sites is 1. The Kier molecular flexibility index (Phi) is 7.59. The van der Waals surface area contributed by atoms with Gasteiger partial charge in [-0.2, -0.15) is 5.10 Å². The van der Waals surface area contributed by atoms with Gasteiger partial charge in [0.1, 0.15) is 11.5 Å². The summed E-state index contributed by atoms with van der Waals surface area (Å²) >= 11 is 0. The Bertz CT molecular complexity index is 818. The number of morpholine rings is 1. The minimum Gasteiger partial charge on any atom is -0.484 e. The lowest BCUT2D eigenvalue weighted by molar-refractivity contribution is -0.137. The van der Waals surface area contributed by atoms with E-state index in [1.165, 1.54) is 6.21 Å². The lowest BCUT2D eigenvalue weighted by atomic mass is 10.2. The van der Waals surface area contributed by atoms with Crippen LogP contribution < -0.4 is 14.9 Å². The summed E-state index contributed by atoms with van der Waals surface area (Å²) in [6.07, 6.45) is 1.52. The Morgan fingerprint density at radius 3 is 2.34 bits per heavy atom. The first-order valence-electron chi connectivity index (χ1n) is 9.29. The first-order chi connectivity index (χ1) is 14.2. The van der Waals surface area contributed by atoms with Crippen LogP contribution in [0.25, 0.3) is 0 Å². The van der Waals surface area contributed by atoms with Crippen molar-refractivity contribution in [1.29, 1.82) is 0 Å². The predicted octanol–water partition coefficient (Wildman–Crippen LogP) is 1.45. The topological polar surface area (TPSA) is 89.5 Å². The summed E-state index contributed by atoms with van der Waals surface area (Å²) in [5.41, 5.74) is 3.19. The monoisotopic (exact) mass is 397 g/mol. The van der Waals surface area contributed by atoms with E-state index in [1.54, 1.807) is 41.3 Å². The van der Waals surface area contributed by atoms with Crippen LogP contribution in [0.5, 0.6) is 11.5 Å². The molecule has 3 rings (SSSR count). The zero-order valence-corrected chi connectivity index (χ0v) is 16.0. The van der Waals surface area contributed by atoms with Crippen molar-refractivity contribution in [3.63, 3.8) is 0 Å². The molecule has 1 fully saturated rings. The second kappa shape index (κ2) is 10.8. The minimum atomic E-state index is -0.355. The van der Waals surface area contributed by atoms with Gasteiger partial charge in [0.05, 0.1) is 19.4 Å². The maximum Gasteiger partial charge on any atom is 0.277 e. The molecule has 1 N–H and O–H groups in total. The normalized spacial score (nSPS) is 13.9. The van der Waals surface area contributed by atoms with Crippen LogP contribution in [0, 0.1) is 0 Å². The Hall–Kier alpha value is -3.39. The average Bonchev–Trinajstić information content (AvgIpc) is 2.78. The van der Waals surface area contributed by atoms with E-state index in [9.17, 15) is 9.59 Å². The summed E-state index contributed by atoms with van der Waals surface area (Å²) in [7, 11) is 0. The van der Waals surface area contributed by atoms with Crippen molar-refractivity contribution in [3.8, 4) is 11.5 Å². The summed E-state index contributed by atoms with van der Waals surface area (Å²) in [5, 5.41) is 3.90. The van der Waals surface area contributed by atoms with Gasteiger partial charge in [0.25, 0.3) is 11.8 Å². The molecule has 1 heterocycles. The molecule has 0 aliphatic carbocycles. The fraction of sp³-hybridized carbons (Fsp3) is 0.286. The molecule has 152 valence electrons. The maximum atomic E-state index is 12.1. The van der Waals surface area contributed by atoms with Crippen molar-refractivity contribution in [2.45, 2.75) is 0 Å². The van der Waals surface area contributed by atoms with Gasteiger partial charge in [-0.1, -0.05) is 18.2 Å². The standard InChI is InChI=1S/C21H23N3O5/c25-20(15-28-18-4-2-1-3-5-18)23-22-14-17-6-8-19(9-7-17)29-16-21(26)24-10-12-27-13-11-24/h1-9,14H,10-13,15-16H2,(H,23,25)/b22-14-. The van der Waals surface area contributed by atoms with Crippen LogP contribution in [0.15, 0.2) is 59.7 Å². The van der Waals surface area contributed by atoms with E-state index in [0.29, 0.717) is 37.8 Å². The first-order valence-corrected chi connectivity index (χ1v) is 9.29. The van der Waals surface area contributed by atoms with E-state index in [2.05, 4.69) is 10.5 Å². The van der Waals surface area contributed by atoms with E-state index < -0.39 is 0 Å². The lowest BCUT2D eigenvalue weighted by Gasteiger charge is -2.26. The van der Waals surface area contributed by atoms with Crippen molar-refractivity contribution in [2.24, 2.45) is 5.10 Å². The Morgan fingerprint density at radius 2 is 1.62 bits per heavy atom. The van der Waals surface area contributed by atoms with Gasteiger partial charge in [0.15, 0.2) is 13.2 Å². The van der Waals surface area contributed by atoms with Gasteiger partial charge in [-0.15, -0.1) is 0 Å². The number of carbonyl (C=O) groups is 2.